The Morgan fingerprint density at radius 1 is 1.67 bits per heavy atom. The summed E-state index contributed by atoms with van der Waals surface area (Å²) in [7, 11) is 0. The third kappa shape index (κ3) is 3.95. The lowest BCUT2D eigenvalue weighted by Gasteiger charge is -2.15. The zero-order chi connectivity index (χ0) is 7.49. The second-order valence-electron chi connectivity index (χ2n) is 1.85. The molecule has 4 heteroatoms. The zero-order valence-electron chi connectivity index (χ0n) is 5.07. The van der Waals surface area contributed by atoms with Crippen molar-refractivity contribution in [3.05, 3.63) is 0 Å². The monoisotopic (exact) mass is 174 g/mol. The van der Waals surface area contributed by atoms with Crippen LogP contribution in [0.2, 0.25) is 0 Å². The average Bonchev–Trinajstić information content (AvgIpc) is 1.64. The Morgan fingerprint density at radius 3 is 2.22 bits per heavy atom. The molecule has 1 atom stereocenters. The van der Waals surface area contributed by atoms with Crippen molar-refractivity contribution in [3.8, 4) is 0 Å². The molecule has 0 aromatic heterocycles. The quantitative estimate of drug-likeness (QED) is 0.652. The van der Waals surface area contributed by atoms with Gasteiger partial charge in [0.2, 0.25) is 0 Å². The Balaban J connectivity index is 3.59. The molecule has 0 aromatic carbocycles. The number of aliphatic hydroxyl groups is 1. The van der Waals surface area contributed by atoms with Crippen molar-refractivity contribution in [2.45, 2.75) is 30.5 Å². The van der Waals surface area contributed by atoms with Gasteiger partial charge in [-0.05, 0) is 6.42 Å². The topological polar surface area (TPSA) is 20.2 Å². The van der Waals surface area contributed by atoms with Crippen molar-refractivity contribution in [2.75, 3.05) is 0 Å². The molecule has 0 saturated heterocycles. The lowest BCUT2D eigenvalue weighted by Crippen LogP contribution is -2.25. The molecule has 56 valence electrons. The minimum absolute atomic E-state index is 0.281. The van der Waals surface area contributed by atoms with Gasteiger partial charge in [-0.1, -0.05) is 36.5 Å². The van der Waals surface area contributed by atoms with E-state index in [-0.39, 0.29) is 6.42 Å². The van der Waals surface area contributed by atoms with Gasteiger partial charge < -0.3 is 5.11 Å². The maximum atomic E-state index is 12.3. The molecular formula is C5H9Cl2FO. The highest BCUT2D eigenvalue weighted by Gasteiger charge is 2.31. The maximum Gasteiger partial charge on any atom is 0.283 e. The first-order valence-electron chi connectivity index (χ1n) is 2.73. The molecule has 0 rings (SSSR count). The Kier molecular flexibility index (Phi) is 3.78. The molecule has 9 heavy (non-hydrogen) atoms. The van der Waals surface area contributed by atoms with E-state index in [4.69, 9.17) is 28.3 Å². The number of halogens is 3. The lowest BCUT2D eigenvalue weighted by molar-refractivity contribution is 0.0891. The van der Waals surface area contributed by atoms with Crippen LogP contribution < -0.4 is 0 Å². The summed E-state index contributed by atoms with van der Waals surface area (Å²) >= 11 is 9.82. The third-order valence-electron chi connectivity index (χ3n) is 0.940. The first kappa shape index (κ1) is 9.47. The highest BCUT2D eigenvalue weighted by Crippen LogP contribution is 2.28. The molecule has 0 fully saturated rings. The van der Waals surface area contributed by atoms with E-state index < -0.39 is 10.7 Å². The predicted molar refractivity (Wildman–Crippen MR) is 36.5 cm³/mol. The normalized spacial score (nSPS) is 15.7. The summed E-state index contributed by atoms with van der Waals surface area (Å²) in [6, 6.07) is 0. The fourth-order valence-electron chi connectivity index (χ4n) is 0.437. The van der Waals surface area contributed by atoms with Gasteiger partial charge in [-0.2, -0.15) is 0 Å². The summed E-state index contributed by atoms with van der Waals surface area (Å²) < 4.78 is 9.76. The lowest BCUT2D eigenvalue weighted by atomic mass is 10.2. The van der Waals surface area contributed by atoms with Gasteiger partial charge >= 0.3 is 0 Å². The standard InChI is InChI=1S/C5H9Cl2FO/c1-2-3-4(9)5(6,7)8/h4,9H,2-3H2,1H3. The van der Waals surface area contributed by atoms with Crippen molar-refractivity contribution in [1.82, 2.24) is 0 Å². The Labute approximate surface area is 63.8 Å². The number of rotatable bonds is 3. The van der Waals surface area contributed by atoms with Crippen LogP contribution in [0.4, 0.5) is 4.39 Å². The van der Waals surface area contributed by atoms with Gasteiger partial charge in [0.1, 0.15) is 6.10 Å². The summed E-state index contributed by atoms with van der Waals surface area (Å²) in [5.74, 6) is 0. The molecule has 0 saturated carbocycles. The summed E-state index contributed by atoms with van der Waals surface area (Å²) in [5, 5.41) is 8.75. The van der Waals surface area contributed by atoms with Gasteiger partial charge in [0.25, 0.3) is 4.59 Å². The van der Waals surface area contributed by atoms with E-state index in [1.165, 1.54) is 0 Å². The van der Waals surface area contributed by atoms with E-state index in [1.807, 2.05) is 6.92 Å². The van der Waals surface area contributed by atoms with Crippen LogP contribution in [0.15, 0.2) is 0 Å². The molecule has 0 aliphatic rings. The van der Waals surface area contributed by atoms with E-state index in [0.29, 0.717) is 6.42 Å². The molecule has 1 N–H and O–H groups in total. The fraction of sp³-hybridized carbons (Fsp3) is 1.00. The van der Waals surface area contributed by atoms with Crippen molar-refractivity contribution in [1.29, 1.82) is 0 Å². The molecular weight excluding hydrogens is 166 g/mol. The smallest absolute Gasteiger partial charge is 0.283 e. The molecule has 1 nitrogen and oxygen atoms in total. The minimum Gasteiger partial charge on any atom is -0.387 e. The molecule has 0 amide bonds. The Bertz CT molecular complexity index is 81.5. The molecule has 0 aliphatic heterocycles. The van der Waals surface area contributed by atoms with E-state index >= 15 is 0 Å². The molecule has 0 heterocycles. The Morgan fingerprint density at radius 2 is 2.11 bits per heavy atom. The molecule has 0 bridgehead atoms. The van der Waals surface area contributed by atoms with Crippen molar-refractivity contribution in [3.63, 3.8) is 0 Å². The summed E-state index contributed by atoms with van der Waals surface area (Å²) in [6.45, 7) is 1.81. The van der Waals surface area contributed by atoms with Crippen LogP contribution in [0.1, 0.15) is 19.8 Å². The van der Waals surface area contributed by atoms with Gasteiger partial charge in [0.05, 0.1) is 0 Å². The van der Waals surface area contributed by atoms with E-state index in [1.54, 1.807) is 0 Å². The molecule has 0 aromatic rings. The van der Waals surface area contributed by atoms with Gasteiger partial charge in [-0.3, -0.25) is 0 Å². The van der Waals surface area contributed by atoms with Crippen LogP contribution in [0, 0.1) is 0 Å². The highest BCUT2D eigenvalue weighted by molar-refractivity contribution is 6.47. The average molecular weight is 175 g/mol. The molecule has 1 unspecified atom stereocenters. The van der Waals surface area contributed by atoms with Gasteiger partial charge in [-0.25, -0.2) is 4.39 Å². The number of alkyl halides is 3. The van der Waals surface area contributed by atoms with E-state index in [2.05, 4.69) is 0 Å². The number of hydrogen-bond acceptors (Lipinski definition) is 1. The summed E-state index contributed by atoms with van der Waals surface area (Å²) in [6.07, 6.45) is -0.332. The van der Waals surface area contributed by atoms with Crippen LogP contribution in [0.25, 0.3) is 0 Å². The second kappa shape index (κ2) is 3.59. The van der Waals surface area contributed by atoms with Crippen LogP contribution in [-0.2, 0) is 0 Å². The second-order valence-corrected chi connectivity index (χ2v) is 3.14. The summed E-state index contributed by atoms with van der Waals surface area (Å²) in [4.78, 5) is 0. The van der Waals surface area contributed by atoms with Gasteiger partial charge in [-0.15, -0.1) is 0 Å². The highest BCUT2D eigenvalue weighted by atomic mass is 35.5. The van der Waals surface area contributed by atoms with Crippen molar-refractivity contribution < 1.29 is 9.50 Å². The molecule has 0 aliphatic carbocycles. The third-order valence-corrected chi connectivity index (χ3v) is 1.44. The van der Waals surface area contributed by atoms with Crippen LogP contribution in [0.5, 0.6) is 0 Å². The minimum atomic E-state index is -2.49. The van der Waals surface area contributed by atoms with Gasteiger partial charge in [0.15, 0.2) is 0 Å². The molecule has 0 radical (unpaired) electrons. The van der Waals surface area contributed by atoms with E-state index in [0.717, 1.165) is 0 Å². The SMILES string of the molecule is CCCC(O)C(F)(Cl)Cl. The van der Waals surface area contributed by atoms with Crippen molar-refractivity contribution in [2.24, 2.45) is 0 Å². The zero-order valence-corrected chi connectivity index (χ0v) is 6.58. The predicted octanol–water partition coefficient (Wildman–Crippen LogP) is 2.25. The number of hydrogen-bond donors (Lipinski definition) is 1. The van der Waals surface area contributed by atoms with Gasteiger partial charge in [0, 0.05) is 0 Å². The Hall–Kier alpha value is 0.470. The van der Waals surface area contributed by atoms with Crippen LogP contribution >= 0.6 is 23.2 Å². The fourth-order valence-corrected chi connectivity index (χ4v) is 0.655. The largest absolute Gasteiger partial charge is 0.387 e. The summed E-state index contributed by atoms with van der Waals surface area (Å²) in [5.41, 5.74) is 0. The van der Waals surface area contributed by atoms with E-state index in [9.17, 15) is 4.39 Å². The number of aliphatic hydroxyl groups excluding tert-OH is 1. The van der Waals surface area contributed by atoms with Crippen LogP contribution in [-0.4, -0.2) is 15.8 Å². The molecule has 0 spiro atoms. The first-order valence-corrected chi connectivity index (χ1v) is 3.49. The maximum absolute atomic E-state index is 12.3. The first-order chi connectivity index (χ1) is 3.98. The van der Waals surface area contributed by atoms with Crippen LogP contribution in [0.3, 0.4) is 0 Å². The van der Waals surface area contributed by atoms with Crippen molar-refractivity contribution >= 4 is 23.2 Å².